The molecule has 0 aromatic heterocycles. The summed E-state index contributed by atoms with van der Waals surface area (Å²) in [5.74, 6) is 2.32. The van der Waals surface area contributed by atoms with Crippen LogP contribution in [-0.2, 0) is 10.0 Å². The van der Waals surface area contributed by atoms with Crippen LogP contribution in [0.5, 0.6) is 34.5 Å². The van der Waals surface area contributed by atoms with Crippen molar-refractivity contribution in [3.05, 3.63) is 58.6 Å². The lowest BCUT2D eigenvalue weighted by atomic mass is 10.1. The summed E-state index contributed by atoms with van der Waals surface area (Å²) in [6, 6.07) is 11.1. The van der Waals surface area contributed by atoms with E-state index in [0.717, 1.165) is 5.56 Å². The van der Waals surface area contributed by atoms with Crippen LogP contribution in [0.15, 0.2) is 47.4 Å². The van der Waals surface area contributed by atoms with E-state index in [1.54, 1.807) is 36.4 Å². The highest BCUT2D eigenvalue weighted by molar-refractivity contribution is 7.92. The van der Waals surface area contributed by atoms with Crippen LogP contribution < -0.4 is 33.1 Å². The van der Waals surface area contributed by atoms with Crippen molar-refractivity contribution in [1.29, 1.82) is 0 Å². The summed E-state index contributed by atoms with van der Waals surface area (Å²) in [5, 5.41) is 0.158. The highest BCUT2D eigenvalue weighted by atomic mass is 35.5. The summed E-state index contributed by atoms with van der Waals surface area (Å²) < 4.78 is 61.4. The third kappa shape index (κ3) is 5.98. The molecule has 0 aliphatic heterocycles. The van der Waals surface area contributed by atoms with Gasteiger partial charge in [0, 0.05) is 5.56 Å². The number of methoxy groups -OCH3 is 6. The number of hydrogen-bond donors (Lipinski definition) is 1. The number of ether oxygens (including phenoxy) is 6. The zero-order valence-electron chi connectivity index (χ0n) is 21.2. The van der Waals surface area contributed by atoms with Crippen molar-refractivity contribution in [2.24, 2.45) is 0 Å². The lowest BCUT2D eigenvalue weighted by molar-refractivity contribution is 0.324. The molecule has 0 saturated heterocycles. The van der Waals surface area contributed by atoms with Crippen molar-refractivity contribution in [3.63, 3.8) is 0 Å². The maximum atomic E-state index is 13.3. The minimum absolute atomic E-state index is 0.0530. The maximum Gasteiger partial charge on any atom is 0.262 e. The third-order valence-corrected chi connectivity index (χ3v) is 7.03. The summed E-state index contributed by atoms with van der Waals surface area (Å²) >= 11 is 6.16. The zero-order valence-corrected chi connectivity index (χ0v) is 22.8. The fraction of sp³-hybridized carbons (Fsp3) is 0.231. The summed E-state index contributed by atoms with van der Waals surface area (Å²) in [7, 11) is 4.83. The number of hydrogen-bond acceptors (Lipinski definition) is 8. The Morgan fingerprint density at radius 3 is 1.76 bits per heavy atom. The highest BCUT2D eigenvalue weighted by Gasteiger charge is 2.22. The molecule has 0 saturated carbocycles. The fourth-order valence-electron chi connectivity index (χ4n) is 3.58. The van der Waals surface area contributed by atoms with E-state index in [4.69, 9.17) is 40.0 Å². The van der Waals surface area contributed by atoms with E-state index in [2.05, 4.69) is 4.72 Å². The van der Waals surface area contributed by atoms with Crippen molar-refractivity contribution in [2.45, 2.75) is 4.90 Å². The van der Waals surface area contributed by atoms with Gasteiger partial charge >= 0.3 is 0 Å². The molecule has 0 heterocycles. The van der Waals surface area contributed by atoms with Gasteiger partial charge in [0.05, 0.1) is 52.6 Å². The van der Waals surface area contributed by atoms with E-state index in [-0.39, 0.29) is 21.4 Å². The predicted octanol–water partition coefficient (Wildman–Crippen LogP) is 5.36. The van der Waals surface area contributed by atoms with Crippen molar-refractivity contribution >= 4 is 39.5 Å². The molecule has 37 heavy (non-hydrogen) atoms. The van der Waals surface area contributed by atoms with Crippen molar-refractivity contribution in [3.8, 4) is 34.5 Å². The van der Waals surface area contributed by atoms with Gasteiger partial charge in [-0.1, -0.05) is 23.8 Å². The van der Waals surface area contributed by atoms with Gasteiger partial charge in [-0.2, -0.15) is 0 Å². The summed E-state index contributed by atoms with van der Waals surface area (Å²) in [5.41, 5.74) is 1.41. The van der Waals surface area contributed by atoms with Crippen molar-refractivity contribution in [2.75, 3.05) is 47.4 Å². The molecular formula is C26H28ClNO8S. The van der Waals surface area contributed by atoms with Crippen LogP contribution >= 0.6 is 11.6 Å². The van der Waals surface area contributed by atoms with Gasteiger partial charge in [0.25, 0.3) is 10.0 Å². The van der Waals surface area contributed by atoms with Crippen LogP contribution in [0.2, 0.25) is 5.02 Å². The van der Waals surface area contributed by atoms with Gasteiger partial charge in [-0.3, -0.25) is 4.72 Å². The Kier molecular flexibility index (Phi) is 9.01. The normalized spacial score (nSPS) is 11.2. The molecule has 3 aromatic carbocycles. The van der Waals surface area contributed by atoms with Gasteiger partial charge in [0.1, 0.15) is 11.4 Å². The number of halogens is 1. The summed E-state index contributed by atoms with van der Waals surface area (Å²) in [6.45, 7) is 0. The van der Waals surface area contributed by atoms with Crippen molar-refractivity contribution < 1.29 is 36.8 Å². The summed E-state index contributed by atoms with van der Waals surface area (Å²) in [4.78, 5) is -0.0530. The molecule has 198 valence electrons. The zero-order chi connectivity index (χ0) is 27.2. The Bertz CT molecular complexity index is 1380. The first-order valence-electron chi connectivity index (χ1n) is 10.8. The first-order valence-corrected chi connectivity index (χ1v) is 12.7. The predicted molar refractivity (Wildman–Crippen MR) is 143 cm³/mol. The van der Waals surface area contributed by atoms with Crippen LogP contribution in [-0.4, -0.2) is 51.1 Å². The molecule has 0 atom stereocenters. The molecule has 0 amide bonds. The van der Waals surface area contributed by atoms with E-state index in [9.17, 15) is 8.42 Å². The Morgan fingerprint density at radius 2 is 1.24 bits per heavy atom. The van der Waals surface area contributed by atoms with Gasteiger partial charge < -0.3 is 28.4 Å². The lowest BCUT2D eigenvalue weighted by Gasteiger charge is -2.17. The second-order valence-electron chi connectivity index (χ2n) is 7.46. The third-order valence-electron chi connectivity index (χ3n) is 5.39. The molecule has 11 heteroatoms. The molecule has 1 N–H and O–H groups in total. The van der Waals surface area contributed by atoms with E-state index < -0.39 is 10.0 Å². The first-order chi connectivity index (χ1) is 17.7. The smallest absolute Gasteiger partial charge is 0.262 e. The molecule has 0 bridgehead atoms. The monoisotopic (exact) mass is 549 g/mol. The molecule has 9 nitrogen and oxygen atoms in total. The molecule has 0 fully saturated rings. The van der Waals surface area contributed by atoms with Gasteiger partial charge in [0.15, 0.2) is 23.0 Å². The Labute approximate surface area is 221 Å². The quantitative estimate of drug-likeness (QED) is 0.319. The second kappa shape index (κ2) is 12.0. The fourth-order valence-corrected chi connectivity index (χ4v) is 5.02. The van der Waals surface area contributed by atoms with Crippen LogP contribution in [0.25, 0.3) is 12.2 Å². The number of anilines is 1. The molecule has 3 aromatic rings. The van der Waals surface area contributed by atoms with Crippen LogP contribution in [0, 0.1) is 0 Å². The molecular weight excluding hydrogens is 522 g/mol. The average molecular weight is 550 g/mol. The van der Waals surface area contributed by atoms with Gasteiger partial charge in [0.2, 0.25) is 5.75 Å². The number of rotatable bonds is 11. The maximum absolute atomic E-state index is 13.3. The molecule has 0 spiro atoms. The van der Waals surface area contributed by atoms with Crippen molar-refractivity contribution in [1.82, 2.24) is 0 Å². The Morgan fingerprint density at radius 1 is 0.676 bits per heavy atom. The number of sulfonamides is 1. The van der Waals surface area contributed by atoms with Crippen LogP contribution in [0.1, 0.15) is 11.1 Å². The van der Waals surface area contributed by atoms with E-state index in [1.165, 1.54) is 60.9 Å². The van der Waals surface area contributed by atoms with Gasteiger partial charge in [-0.15, -0.1) is 0 Å². The Balaban J connectivity index is 2.10. The van der Waals surface area contributed by atoms with E-state index >= 15 is 0 Å². The molecule has 0 radical (unpaired) electrons. The lowest BCUT2D eigenvalue weighted by Crippen LogP contribution is -2.15. The minimum atomic E-state index is -4.07. The Hall–Kier alpha value is -3.76. The van der Waals surface area contributed by atoms with Gasteiger partial charge in [-0.05, 0) is 48.0 Å². The standard InChI is InChI=1S/C26H28ClNO8S/c1-31-20-12-10-18(15-19(20)27)37(29,30)28-24-17(9-11-21(32-2)26(24)36-6)8-7-16-13-22(33-3)25(35-5)23(14-16)34-4/h7-15,28H,1-6H3. The molecule has 0 unspecified atom stereocenters. The molecule has 0 aliphatic carbocycles. The molecule has 0 aliphatic rings. The van der Waals surface area contributed by atoms with E-state index in [0.29, 0.717) is 34.3 Å². The van der Waals surface area contributed by atoms with E-state index in [1.807, 2.05) is 0 Å². The number of benzene rings is 3. The topological polar surface area (TPSA) is 102 Å². The SMILES string of the molecule is COc1ccc(S(=O)(=O)Nc2c(C=Cc3cc(OC)c(OC)c(OC)c3)ccc(OC)c2OC)cc1Cl. The highest BCUT2D eigenvalue weighted by Crippen LogP contribution is 2.41. The van der Waals surface area contributed by atoms with Crippen LogP contribution in [0.4, 0.5) is 5.69 Å². The van der Waals surface area contributed by atoms with Crippen LogP contribution in [0.3, 0.4) is 0 Å². The van der Waals surface area contributed by atoms with Gasteiger partial charge in [-0.25, -0.2) is 8.42 Å². The average Bonchev–Trinajstić information content (AvgIpc) is 2.90. The molecule has 3 rings (SSSR count). The second-order valence-corrected chi connectivity index (χ2v) is 9.55. The minimum Gasteiger partial charge on any atom is -0.495 e. The first kappa shape index (κ1) is 27.8. The number of nitrogens with one attached hydrogen (secondary N) is 1. The summed E-state index contributed by atoms with van der Waals surface area (Å²) in [6.07, 6.45) is 3.50. The largest absolute Gasteiger partial charge is 0.495 e.